The number of hydrogen-bond acceptors (Lipinski definition) is 7. The smallest absolute Gasteiger partial charge is 0.340 e. The van der Waals surface area contributed by atoms with Crippen LogP contribution in [0.2, 0.25) is 0 Å². The summed E-state index contributed by atoms with van der Waals surface area (Å²) in [6.45, 7) is 3.39. The average Bonchev–Trinajstić information content (AvgIpc) is 3.17. The third-order valence-electron chi connectivity index (χ3n) is 3.10. The van der Waals surface area contributed by atoms with Crippen molar-refractivity contribution in [1.29, 1.82) is 0 Å². The minimum atomic E-state index is -0.594. The van der Waals surface area contributed by atoms with E-state index < -0.39 is 12.1 Å². The zero-order valence-electron chi connectivity index (χ0n) is 11.9. The third-order valence-corrected chi connectivity index (χ3v) is 3.10. The monoisotopic (exact) mass is 288 g/mol. The van der Waals surface area contributed by atoms with Crippen molar-refractivity contribution in [3.05, 3.63) is 35.6 Å². The SMILES string of the molecule is Cc1noc([C@H](C)OC(=O)c2ccc(NC3CC3)nc2)n1. The van der Waals surface area contributed by atoms with Gasteiger partial charge in [0.25, 0.3) is 5.89 Å². The van der Waals surface area contributed by atoms with Crippen LogP contribution in [-0.4, -0.2) is 27.1 Å². The van der Waals surface area contributed by atoms with Gasteiger partial charge in [-0.15, -0.1) is 0 Å². The minimum absolute atomic E-state index is 0.279. The first-order valence-corrected chi connectivity index (χ1v) is 6.85. The molecule has 0 saturated heterocycles. The Morgan fingerprint density at radius 2 is 2.29 bits per heavy atom. The van der Waals surface area contributed by atoms with Crippen molar-refractivity contribution >= 4 is 11.8 Å². The highest BCUT2D eigenvalue weighted by Gasteiger charge is 2.22. The molecule has 1 fully saturated rings. The van der Waals surface area contributed by atoms with Crippen LogP contribution in [-0.2, 0) is 4.74 Å². The number of hydrogen-bond donors (Lipinski definition) is 1. The number of carbonyl (C=O) groups excluding carboxylic acids is 1. The Balaban J connectivity index is 1.61. The number of aryl methyl sites for hydroxylation is 1. The second kappa shape index (κ2) is 5.51. The van der Waals surface area contributed by atoms with E-state index in [1.165, 1.54) is 19.0 Å². The highest BCUT2D eigenvalue weighted by atomic mass is 16.6. The molecule has 21 heavy (non-hydrogen) atoms. The van der Waals surface area contributed by atoms with Gasteiger partial charge in [-0.1, -0.05) is 5.16 Å². The van der Waals surface area contributed by atoms with E-state index in [0.717, 1.165) is 5.82 Å². The van der Waals surface area contributed by atoms with Crippen molar-refractivity contribution in [2.24, 2.45) is 0 Å². The van der Waals surface area contributed by atoms with E-state index in [4.69, 9.17) is 9.26 Å². The lowest BCUT2D eigenvalue weighted by atomic mass is 10.3. The van der Waals surface area contributed by atoms with Gasteiger partial charge in [0, 0.05) is 12.2 Å². The zero-order chi connectivity index (χ0) is 14.8. The molecule has 0 radical (unpaired) electrons. The Morgan fingerprint density at radius 3 is 2.86 bits per heavy atom. The van der Waals surface area contributed by atoms with Crippen LogP contribution in [0.4, 0.5) is 5.82 Å². The lowest BCUT2D eigenvalue weighted by Crippen LogP contribution is -2.10. The van der Waals surface area contributed by atoms with Crippen LogP contribution in [0, 0.1) is 6.92 Å². The molecule has 0 aliphatic heterocycles. The fourth-order valence-electron chi connectivity index (χ4n) is 1.79. The summed E-state index contributed by atoms with van der Waals surface area (Å²) in [6, 6.07) is 3.98. The highest BCUT2D eigenvalue weighted by molar-refractivity contribution is 5.89. The van der Waals surface area contributed by atoms with E-state index in [1.807, 2.05) is 0 Å². The molecule has 2 aromatic heterocycles. The van der Waals surface area contributed by atoms with Crippen LogP contribution in [0.5, 0.6) is 0 Å². The number of esters is 1. The Bertz CT molecular complexity index is 634. The summed E-state index contributed by atoms with van der Waals surface area (Å²) in [5.74, 6) is 1.09. The van der Waals surface area contributed by atoms with Crippen molar-refractivity contribution in [2.45, 2.75) is 38.8 Å². The fourth-order valence-corrected chi connectivity index (χ4v) is 1.79. The molecule has 0 aromatic carbocycles. The number of ether oxygens (including phenoxy) is 1. The van der Waals surface area contributed by atoms with Gasteiger partial charge in [0.2, 0.25) is 0 Å². The van der Waals surface area contributed by atoms with Crippen molar-refractivity contribution in [2.75, 3.05) is 5.32 Å². The fraction of sp³-hybridized carbons (Fsp3) is 0.429. The molecule has 2 aromatic rings. The molecule has 0 bridgehead atoms. The highest BCUT2D eigenvalue weighted by Crippen LogP contribution is 2.23. The van der Waals surface area contributed by atoms with Crippen molar-refractivity contribution < 1.29 is 14.1 Å². The van der Waals surface area contributed by atoms with Gasteiger partial charge >= 0.3 is 5.97 Å². The van der Waals surface area contributed by atoms with E-state index in [9.17, 15) is 4.79 Å². The average molecular weight is 288 g/mol. The first kappa shape index (κ1) is 13.5. The van der Waals surface area contributed by atoms with E-state index in [-0.39, 0.29) is 5.89 Å². The maximum absolute atomic E-state index is 12.0. The molecule has 7 heteroatoms. The molecule has 3 rings (SSSR count). The molecule has 2 heterocycles. The van der Waals surface area contributed by atoms with Crippen LogP contribution in [0.3, 0.4) is 0 Å². The summed E-state index contributed by atoms with van der Waals surface area (Å²) in [5.41, 5.74) is 0.388. The molecule has 0 unspecified atom stereocenters. The summed E-state index contributed by atoms with van der Waals surface area (Å²) >= 11 is 0. The van der Waals surface area contributed by atoms with E-state index in [1.54, 1.807) is 26.0 Å². The van der Waals surface area contributed by atoms with E-state index in [0.29, 0.717) is 17.4 Å². The Kier molecular flexibility index (Phi) is 3.55. The van der Waals surface area contributed by atoms with Gasteiger partial charge in [0.05, 0.1) is 5.56 Å². The molecule has 1 N–H and O–H groups in total. The third kappa shape index (κ3) is 3.36. The first-order chi connectivity index (χ1) is 10.1. The quantitative estimate of drug-likeness (QED) is 0.844. The predicted octanol–water partition coefficient (Wildman–Crippen LogP) is 2.27. The number of anilines is 1. The van der Waals surface area contributed by atoms with Gasteiger partial charge in [-0.2, -0.15) is 4.98 Å². The second-order valence-corrected chi connectivity index (χ2v) is 5.08. The summed E-state index contributed by atoms with van der Waals surface area (Å²) in [5, 5.41) is 6.92. The van der Waals surface area contributed by atoms with E-state index >= 15 is 0 Å². The molecule has 110 valence electrons. The van der Waals surface area contributed by atoms with Gasteiger partial charge in [-0.05, 0) is 38.8 Å². The predicted molar refractivity (Wildman–Crippen MR) is 73.7 cm³/mol. The molecule has 1 aliphatic carbocycles. The van der Waals surface area contributed by atoms with Gasteiger partial charge < -0.3 is 14.6 Å². The maximum atomic E-state index is 12.0. The van der Waals surface area contributed by atoms with Gasteiger partial charge in [-0.25, -0.2) is 9.78 Å². The number of rotatable bonds is 5. The maximum Gasteiger partial charge on any atom is 0.340 e. The van der Waals surface area contributed by atoms with Crippen molar-refractivity contribution in [3.8, 4) is 0 Å². The normalized spacial score (nSPS) is 15.5. The molecule has 0 spiro atoms. The van der Waals surface area contributed by atoms with Crippen LogP contribution < -0.4 is 5.32 Å². The largest absolute Gasteiger partial charge is 0.449 e. The molecule has 1 aliphatic rings. The number of pyridine rings is 1. The summed E-state index contributed by atoms with van der Waals surface area (Å²) in [6.07, 6.45) is 3.25. The lowest BCUT2D eigenvalue weighted by molar-refractivity contribution is 0.0265. The molecular formula is C14H16N4O3. The Hall–Kier alpha value is -2.44. The number of nitrogens with one attached hydrogen (secondary N) is 1. The number of nitrogens with zero attached hydrogens (tertiary/aromatic N) is 3. The minimum Gasteiger partial charge on any atom is -0.449 e. The first-order valence-electron chi connectivity index (χ1n) is 6.85. The van der Waals surface area contributed by atoms with Crippen LogP contribution in [0.25, 0.3) is 0 Å². The molecule has 0 amide bonds. The van der Waals surface area contributed by atoms with Crippen molar-refractivity contribution in [1.82, 2.24) is 15.1 Å². The van der Waals surface area contributed by atoms with Crippen LogP contribution in [0.1, 0.15) is 47.9 Å². The summed E-state index contributed by atoms with van der Waals surface area (Å²) < 4.78 is 10.2. The Morgan fingerprint density at radius 1 is 1.48 bits per heavy atom. The number of carbonyl (C=O) groups is 1. The van der Waals surface area contributed by atoms with Gasteiger partial charge in [0.1, 0.15) is 5.82 Å². The second-order valence-electron chi connectivity index (χ2n) is 5.08. The van der Waals surface area contributed by atoms with E-state index in [2.05, 4.69) is 20.4 Å². The topological polar surface area (TPSA) is 90.1 Å². The molecule has 1 atom stereocenters. The molecule has 1 saturated carbocycles. The van der Waals surface area contributed by atoms with Crippen LogP contribution in [0.15, 0.2) is 22.9 Å². The summed E-state index contributed by atoms with van der Waals surface area (Å²) in [4.78, 5) is 20.2. The number of aromatic nitrogens is 3. The molecular weight excluding hydrogens is 272 g/mol. The standard InChI is InChI=1S/C14H16N4O3/c1-8(13-16-9(2)18-21-13)20-14(19)10-3-6-12(15-7-10)17-11-4-5-11/h3,6-8,11H,4-5H2,1-2H3,(H,15,17)/t8-/m0/s1. The van der Waals surface area contributed by atoms with Crippen molar-refractivity contribution in [3.63, 3.8) is 0 Å². The van der Waals surface area contributed by atoms with Gasteiger partial charge in [0.15, 0.2) is 11.9 Å². The lowest BCUT2D eigenvalue weighted by Gasteiger charge is -2.09. The molecule has 7 nitrogen and oxygen atoms in total. The zero-order valence-corrected chi connectivity index (χ0v) is 11.9. The summed E-state index contributed by atoms with van der Waals surface area (Å²) in [7, 11) is 0. The van der Waals surface area contributed by atoms with Gasteiger partial charge in [-0.3, -0.25) is 0 Å². The van der Waals surface area contributed by atoms with Crippen LogP contribution >= 0.6 is 0 Å². The Labute approximate surface area is 121 Å².